The summed E-state index contributed by atoms with van der Waals surface area (Å²) in [5, 5.41) is 0. The normalized spacial score (nSPS) is 27.7. The molecule has 3 fully saturated rings. The van der Waals surface area contributed by atoms with Crippen LogP contribution >= 0.6 is 16.9 Å². The smallest absolute Gasteiger partial charge is 0.170 e. The summed E-state index contributed by atoms with van der Waals surface area (Å²) in [6, 6.07) is 0. The van der Waals surface area contributed by atoms with E-state index < -0.39 is 7.51 Å². The monoisotopic (exact) mass is 330 g/mol. The zero-order valence-corrected chi connectivity index (χ0v) is 15.5. The van der Waals surface area contributed by atoms with E-state index in [4.69, 9.17) is 4.52 Å². The molecule has 1 unspecified atom stereocenters. The SMILES string of the molecule is PN=P(N1CCCCC1)(N1CCCCC1)N1CCCCC1. The van der Waals surface area contributed by atoms with Crippen LogP contribution < -0.4 is 0 Å². The van der Waals surface area contributed by atoms with Gasteiger partial charge in [0.05, 0.1) is 0 Å². The van der Waals surface area contributed by atoms with Gasteiger partial charge in [0.15, 0.2) is 7.51 Å². The molecule has 3 saturated heterocycles. The largest absolute Gasteiger partial charge is 0.246 e. The van der Waals surface area contributed by atoms with Gasteiger partial charge in [0.1, 0.15) is 0 Å². The summed E-state index contributed by atoms with van der Waals surface area (Å²) >= 11 is 0. The molecule has 0 aromatic rings. The van der Waals surface area contributed by atoms with Crippen molar-refractivity contribution in [2.45, 2.75) is 57.8 Å². The molecule has 3 rings (SSSR count). The second-order valence-corrected chi connectivity index (χ2v) is 10.4. The third kappa shape index (κ3) is 3.40. The third-order valence-electron chi connectivity index (χ3n) is 5.29. The minimum absolute atomic E-state index is 1.26. The Bertz CT molecular complexity index is 318. The number of piperidine rings is 3. The first-order valence-corrected chi connectivity index (χ1v) is 11.1. The highest BCUT2D eigenvalue weighted by atomic mass is 31.2. The lowest BCUT2D eigenvalue weighted by molar-refractivity contribution is 0.248. The van der Waals surface area contributed by atoms with Crippen LogP contribution in [0.4, 0.5) is 0 Å². The van der Waals surface area contributed by atoms with E-state index in [2.05, 4.69) is 23.4 Å². The summed E-state index contributed by atoms with van der Waals surface area (Å²) in [5.41, 5.74) is 0. The Balaban J connectivity index is 1.90. The lowest BCUT2D eigenvalue weighted by Gasteiger charge is -2.52. The van der Waals surface area contributed by atoms with Crippen LogP contribution in [0, 0.1) is 0 Å². The molecule has 1 atom stereocenters. The summed E-state index contributed by atoms with van der Waals surface area (Å²) in [5.74, 6) is 0. The van der Waals surface area contributed by atoms with Gasteiger partial charge in [0.25, 0.3) is 0 Å². The van der Waals surface area contributed by atoms with Gasteiger partial charge in [-0.1, -0.05) is 19.3 Å². The maximum atomic E-state index is 5.10. The molecule has 4 nitrogen and oxygen atoms in total. The highest BCUT2D eigenvalue weighted by molar-refractivity contribution is 7.62. The van der Waals surface area contributed by atoms with Crippen molar-refractivity contribution in [2.75, 3.05) is 39.3 Å². The molecule has 0 aromatic heterocycles. The average molecular weight is 330 g/mol. The van der Waals surface area contributed by atoms with Crippen LogP contribution in [-0.2, 0) is 0 Å². The number of nitrogens with zero attached hydrogens (tertiary/aromatic N) is 4. The number of hydrogen-bond acceptors (Lipinski definition) is 1. The second-order valence-electron chi connectivity index (χ2n) is 6.70. The van der Waals surface area contributed by atoms with Crippen molar-refractivity contribution in [3.63, 3.8) is 0 Å². The minimum atomic E-state index is -1.62. The Morgan fingerprint density at radius 2 is 0.810 bits per heavy atom. The Kier molecular flexibility index (Phi) is 6.16. The molecule has 0 bridgehead atoms. The molecule has 0 radical (unpaired) electrons. The van der Waals surface area contributed by atoms with Crippen LogP contribution in [0.1, 0.15) is 57.8 Å². The molecule has 21 heavy (non-hydrogen) atoms. The fraction of sp³-hybridized carbons (Fsp3) is 1.00. The first-order valence-electron chi connectivity index (χ1n) is 8.96. The summed E-state index contributed by atoms with van der Waals surface area (Å²) in [6.07, 6.45) is 12.4. The van der Waals surface area contributed by atoms with Crippen molar-refractivity contribution >= 4 is 16.9 Å². The first kappa shape index (κ1) is 16.4. The minimum Gasteiger partial charge on any atom is -0.246 e. The molecule has 3 aliphatic heterocycles. The third-order valence-corrected chi connectivity index (χ3v) is 10.0. The Morgan fingerprint density at radius 3 is 1.05 bits per heavy atom. The van der Waals surface area contributed by atoms with Crippen LogP contribution in [0.2, 0.25) is 0 Å². The Labute approximate surface area is 133 Å². The topological polar surface area (TPSA) is 22.1 Å². The molecule has 0 aliphatic carbocycles. The first-order chi connectivity index (χ1) is 10.4. The molecule has 0 spiro atoms. The summed E-state index contributed by atoms with van der Waals surface area (Å²) in [7, 11) is 1.17. The fourth-order valence-electron chi connectivity index (χ4n) is 4.19. The molecule has 0 N–H and O–H groups in total. The van der Waals surface area contributed by atoms with Crippen molar-refractivity contribution < 1.29 is 0 Å². The van der Waals surface area contributed by atoms with Gasteiger partial charge in [-0.2, -0.15) is 0 Å². The Morgan fingerprint density at radius 1 is 0.524 bits per heavy atom. The zero-order valence-electron chi connectivity index (χ0n) is 13.4. The van der Waals surface area contributed by atoms with E-state index in [0.717, 1.165) is 0 Å². The number of rotatable bonds is 3. The number of hydrogen-bond donors (Lipinski definition) is 0. The van der Waals surface area contributed by atoms with Gasteiger partial charge in [-0.3, -0.25) is 0 Å². The highest BCUT2D eigenvalue weighted by Crippen LogP contribution is 2.62. The van der Waals surface area contributed by atoms with Crippen LogP contribution in [0.25, 0.3) is 0 Å². The van der Waals surface area contributed by atoms with E-state index in [-0.39, 0.29) is 0 Å². The van der Waals surface area contributed by atoms with Crippen molar-refractivity contribution in [3.8, 4) is 0 Å². The van der Waals surface area contributed by atoms with Crippen molar-refractivity contribution in [1.29, 1.82) is 0 Å². The van der Waals surface area contributed by atoms with Gasteiger partial charge in [-0.05, 0) is 47.9 Å². The van der Waals surface area contributed by atoms with Gasteiger partial charge in [0, 0.05) is 39.3 Å². The van der Waals surface area contributed by atoms with Gasteiger partial charge >= 0.3 is 0 Å². The van der Waals surface area contributed by atoms with Crippen molar-refractivity contribution in [1.82, 2.24) is 14.0 Å². The summed E-state index contributed by atoms with van der Waals surface area (Å²) in [6.45, 7) is 7.58. The average Bonchev–Trinajstić information content (AvgIpc) is 2.59. The van der Waals surface area contributed by atoms with E-state index in [1.54, 1.807) is 0 Å². The van der Waals surface area contributed by atoms with Crippen molar-refractivity contribution in [2.24, 2.45) is 4.52 Å². The molecule has 3 aliphatic rings. The lowest BCUT2D eigenvalue weighted by Crippen LogP contribution is -2.46. The molecule has 0 saturated carbocycles. The molecule has 0 aromatic carbocycles. The van der Waals surface area contributed by atoms with Crippen LogP contribution in [0.5, 0.6) is 0 Å². The molecule has 6 heteroatoms. The van der Waals surface area contributed by atoms with Gasteiger partial charge in [0.2, 0.25) is 0 Å². The zero-order chi connectivity index (χ0) is 14.5. The Hall–Kier alpha value is 0.540. The van der Waals surface area contributed by atoms with E-state index in [0.29, 0.717) is 0 Å². The summed E-state index contributed by atoms with van der Waals surface area (Å²) in [4.78, 5) is 0. The van der Waals surface area contributed by atoms with Crippen LogP contribution in [0.3, 0.4) is 0 Å². The van der Waals surface area contributed by atoms with Gasteiger partial charge in [-0.25, -0.2) is 18.5 Å². The fourth-order valence-corrected chi connectivity index (χ4v) is 9.48. The van der Waals surface area contributed by atoms with Crippen LogP contribution in [0.15, 0.2) is 4.52 Å². The summed E-state index contributed by atoms with van der Waals surface area (Å²) < 4.78 is 13.5. The van der Waals surface area contributed by atoms with Gasteiger partial charge < -0.3 is 0 Å². The predicted octanol–water partition coefficient (Wildman–Crippen LogP) is 4.18. The maximum absolute atomic E-state index is 5.10. The highest BCUT2D eigenvalue weighted by Gasteiger charge is 2.40. The molecule has 122 valence electrons. The molecular formula is C15H32N4P2. The molecule has 0 amide bonds. The predicted molar refractivity (Wildman–Crippen MR) is 95.3 cm³/mol. The second kappa shape index (κ2) is 7.88. The van der Waals surface area contributed by atoms with E-state index in [1.807, 2.05) is 0 Å². The van der Waals surface area contributed by atoms with E-state index in [9.17, 15) is 0 Å². The maximum Gasteiger partial charge on any atom is 0.170 e. The van der Waals surface area contributed by atoms with Gasteiger partial charge in [-0.15, -0.1) is 0 Å². The van der Waals surface area contributed by atoms with E-state index in [1.165, 1.54) is 97.1 Å². The quantitative estimate of drug-likeness (QED) is 0.725. The standard InChI is InChI=1S/C15H32N4P2/c20-16-21(17-10-4-1-5-11-17,18-12-6-2-7-13-18)19-14-8-3-9-15-19/h1-15,20H2. The lowest BCUT2D eigenvalue weighted by atomic mass is 10.2. The van der Waals surface area contributed by atoms with Crippen LogP contribution in [-0.4, -0.2) is 53.3 Å². The molecule has 3 heterocycles. The molecular weight excluding hydrogens is 298 g/mol. The van der Waals surface area contributed by atoms with Crippen molar-refractivity contribution in [3.05, 3.63) is 0 Å². The van der Waals surface area contributed by atoms with E-state index >= 15 is 0 Å².